The summed E-state index contributed by atoms with van der Waals surface area (Å²) < 4.78 is 39.7. The Balaban J connectivity index is 1.65. The van der Waals surface area contributed by atoms with Gasteiger partial charge in [-0.25, -0.2) is 9.50 Å². The molecule has 2 amide bonds. The highest BCUT2D eigenvalue weighted by molar-refractivity contribution is 5.88. The first kappa shape index (κ1) is 22.2. The molecule has 11 heteroatoms. The fourth-order valence-corrected chi connectivity index (χ4v) is 3.18. The molecule has 0 spiro atoms. The molecule has 0 unspecified atom stereocenters. The van der Waals surface area contributed by atoms with Crippen LogP contribution >= 0.6 is 0 Å². The first-order chi connectivity index (χ1) is 14.5. The van der Waals surface area contributed by atoms with Crippen molar-refractivity contribution in [2.75, 3.05) is 5.32 Å². The number of nitrogens with zero attached hydrogens (tertiary/aromatic N) is 4. The van der Waals surface area contributed by atoms with Crippen LogP contribution in [0.1, 0.15) is 41.7 Å². The number of carbonyl (C=O) groups is 2. The molecular weight excluding hydrogens is 413 g/mol. The molecule has 0 radical (unpaired) electrons. The Morgan fingerprint density at radius 2 is 1.90 bits per heavy atom. The highest BCUT2D eigenvalue weighted by atomic mass is 19.4. The molecule has 0 aliphatic carbocycles. The van der Waals surface area contributed by atoms with Crippen molar-refractivity contribution >= 4 is 23.3 Å². The normalized spacial score (nSPS) is 11.5. The van der Waals surface area contributed by atoms with Crippen molar-refractivity contribution < 1.29 is 22.8 Å². The molecule has 3 aromatic rings. The molecule has 0 saturated carbocycles. The average Bonchev–Trinajstić information content (AvgIpc) is 3.10. The third-order valence-corrected chi connectivity index (χ3v) is 4.64. The number of halogens is 3. The van der Waals surface area contributed by atoms with E-state index in [1.807, 2.05) is 6.07 Å². The summed E-state index contributed by atoms with van der Waals surface area (Å²) in [6.07, 6.45) is -4.24. The van der Waals surface area contributed by atoms with Crippen LogP contribution in [0.4, 0.5) is 18.9 Å². The van der Waals surface area contributed by atoms with Gasteiger partial charge in [-0.15, -0.1) is 5.10 Å². The summed E-state index contributed by atoms with van der Waals surface area (Å²) in [5, 5.41) is 8.97. The number of carbonyl (C=O) groups excluding carboxylic acids is 2. The van der Waals surface area contributed by atoms with E-state index in [9.17, 15) is 22.8 Å². The van der Waals surface area contributed by atoms with Crippen molar-refractivity contribution in [1.29, 1.82) is 0 Å². The lowest BCUT2D eigenvalue weighted by atomic mass is 10.1. The highest BCUT2D eigenvalue weighted by Crippen LogP contribution is 2.27. The van der Waals surface area contributed by atoms with Crippen LogP contribution in [0.25, 0.3) is 5.78 Å². The van der Waals surface area contributed by atoms with Crippen LogP contribution in [0.3, 0.4) is 0 Å². The zero-order valence-corrected chi connectivity index (χ0v) is 17.2. The maximum atomic E-state index is 12.9. The van der Waals surface area contributed by atoms with Gasteiger partial charge in [0.25, 0.3) is 11.6 Å². The average molecular weight is 434 g/mol. The number of alkyl halides is 3. The highest BCUT2D eigenvalue weighted by Gasteiger charge is 2.36. The van der Waals surface area contributed by atoms with E-state index in [1.165, 1.54) is 6.92 Å². The fourth-order valence-electron chi connectivity index (χ4n) is 3.18. The zero-order valence-electron chi connectivity index (χ0n) is 17.2. The summed E-state index contributed by atoms with van der Waals surface area (Å²) in [4.78, 5) is 31.0. The molecule has 31 heavy (non-hydrogen) atoms. The number of nitrogens with one attached hydrogen (secondary N) is 2. The SMILES string of the molecule is CC(=O)Nc1cccc(CNC(=O)CCc2c(C)nc3nc(C(F)(F)F)nn3c2C)c1. The zero-order chi connectivity index (χ0) is 22.8. The maximum absolute atomic E-state index is 12.9. The van der Waals surface area contributed by atoms with Gasteiger partial charge in [0.05, 0.1) is 0 Å². The van der Waals surface area contributed by atoms with Gasteiger partial charge in [-0.3, -0.25) is 9.59 Å². The third-order valence-electron chi connectivity index (χ3n) is 4.64. The Kier molecular flexibility index (Phi) is 6.23. The molecule has 8 nitrogen and oxygen atoms in total. The third kappa shape index (κ3) is 5.36. The molecule has 0 bridgehead atoms. The smallest absolute Gasteiger partial charge is 0.352 e. The Hall–Kier alpha value is -3.50. The second-order valence-corrected chi connectivity index (χ2v) is 7.06. The summed E-state index contributed by atoms with van der Waals surface area (Å²) in [6.45, 7) is 4.97. The van der Waals surface area contributed by atoms with Crippen LogP contribution in [0.5, 0.6) is 0 Å². The number of aryl methyl sites for hydroxylation is 2. The summed E-state index contributed by atoms with van der Waals surface area (Å²) in [5.41, 5.74) is 3.06. The summed E-state index contributed by atoms with van der Waals surface area (Å²) >= 11 is 0. The minimum absolute atomic E-state index is 0.126. The number of rotatable bonds is 6. The number of hydrogen-bond acceptors (Lipinski definition) is 5. The predicted octanol–water partition coefficient (Wildman–Crippen LogP) is 2.97. The van der Waals surface area contributed by atoms with E-state index < -0.39 is 12.0 Å². The molecule has 164 valence electrons. The van der Waals surface area contributed by atoms with E-state index in [-0.39, 0.29) is 30.6 Å². The molecule has 0 atom stereocenters. The van der Waals surface area contributed by atoms with Gasteiger partial charge in [-0.2, -0.15) is 18.2 Å². The topological polar surface area (TPSA) is 101 Å². The minimum atomic E-state index is -4.66. The molecule has 2 heterocycles. The molecule has 3 rings (SSSR count). The summed E-state index contributed by atoms with van der Waals surface area (Å²) in [7, 11) is 0. The monoisotopic (exact) mass is 434 g/mol. The van der Waals surface area contributed by atoms with Gasteiger partial charge in [0.2, 0.25) is 11.8 Å². The number of fused-ring (bicyclic) bond motifs is 1. The first-order valence-corrected chi connectivity index (χ1v) is 9.48. The number of benzene rings is 1. The van der Waals surface area contributed by atoms with Crippen molar-refractivity contribution in [3.63, 3.8) is 0 Å². The molecule has 1 aromatic carbocycles. The van der Waals surface area contributed by atoms with Crippen molar-refractivity contribution in [3.05, 3.63) is 52.6 Å². The molecule has 0 fully saturated rings. The van der Waals surface area contributed by atoms with E-state index in [1.54, 1.807) is 32.0 Å². The van der Waals surface area contributed by atoms with E-state index in [0.717, 1.165) is 10.1 Å². The summed E-state index contributed by atoms with van der Waals surface area (Å²) in [6, 6.07) is 7.10. The van der Waals surface area contributed by atoms with Crippen LogP contribution in [0, 0.1) is 13.8 Å². The Morgan fingerprint density at radius 1 is 1.16 bits per heavy atom. The lowest BCUT2D eigenvalue weighted by molar-refractivity contribution is -0.144. The van der Waals surface area contributed by atoms with Crippen molar-refractivity contribution in [3.8, 4) is 0 Å². The quantitative estimate of drug-likeness (QED) is 0.621. The molecular formula is C20H21F3N6O2. The minimum Gasteiger partial charge on any atom is -0.352 e. The number of anilines is 1. The fraction of sp³-hybridized carbons (Fsp3) is 0.350. The van der Waals surface area contributed by atoms with Gasteiger partial charge in [0.15, 0.2) is 0 Å². The Morgan fingerprint density at radius 3 is 2.58 bits per heavy atom. The predicted molar refractivity (Wildman–Crippen MR) is 106 cm³/mol. The van der Waals surface area contributed by atoms with Crippen molar-refractivity contribution in [2.45, 2.75) is 46.3 Å². The van der Waals surface area contributed by atoms with Gasteiger partial charge in [0.1, 0.15) is 0 Å². The largest absolute Gasteiger partial charge is 0.453 e. The maximum Gasteiger partial charge on any atom is 0.453 e. The number of hydrogen-bond donors (Lipinski definition) is 2. The van der Waals surface area contributed by atoms with Crippen LogP contribution < -0.4 is 10.6 Å². The number of aromatic nitrogens is 4. The van der Waals surface area contributed by atoms with Gasteiger partial charge in [-0.05, 0) is 43.5 Å². The van der Waals surface area contributed by atoms with Gasteiger partial charge in [-0.1, -0.05) is 12.1 Å². The van der Waals surface area contributed by atoms with Crippen molar-refractivity contribution in [1.82, 2.24) is 24.9 Å². The molecule has 0 aliphatic rings. The van der Waals surface area contributed by atoms with Gasteiger partial charge >= 0.3 is 6.18 Å². The second-order valence-electron chi connectivity index (χ2n) is 7.06. The number of amides is 2. The van der Waals surface area contributed by atoms with Crippen molar-refractivity contribution in [2.24, 2.45) is 0 Å². The van der Waals surface area contributed by atoms with Crippen LogP contribution in [-0.4, -0.2) is 31.4 Å². The first-order valence-electron chi connectivity index (χ1n) is 9.48. The Labute approximate surface area is 175 Å². The van der Waals surface area contributed by atoms with Crippen LogP contribution in [-0.2, 0) is 28.7 Å². The Bertz CT molecular complexity index is 1140. The lowest BCUT2D eigenvalue weighted by Gasteiger charge is -2.11. The molecule has 2 N–H and O–H groups in total. The van der Waals surface area contributed by atoms with Gasteiger partial charge < -0.3 is 10.6 Å². The van der Waals surface area contributed by atoms with E-state index in [2.05, 4.69) is 25.7 Å². The van der Waals surface area contributed by atoms with E-state index in [4.69, 9.17) is 0 Å². The molecule has 2 aromatic heterocycles. The lowest BCUT2D eigenvalue weighted by Crippen LogP contribution is -2.23. The van der Waals surface area contributed by atoms with Crippen LogP contribution in [0.2, 0.25) is 0 Å². The summed E-state index contributed by atoms with van der Waals surface area (Å²) in [5.74, 6) is -1.79. The van der Waals surface area contributed by atoms with Gasteiger partial charge in [0, 0.05) is 37.0 Å². The van der Waals surface area contributed by atoms with Crippen LogP contribution in [0.15, 0.2) is 24.3 Å². The van der Waals surface area contributed by atoms with E-state index >= 15 is 0 Å². The molecule has 0 aliphatic heterocycles. The second kappa shape index (κ2) is 8.70. The standard InChI is InChI=1S/C20H21F3N6O2/c1-11-16(12(2)29-19(25-11)27-18(28-29)20(21,22)23)7-8-17(31)24-10-14-5-4-6-15(9-14)26-13(3)30/h4-6,9H,7-8,10H2,1-3H3,(H,24,31)(H,26,30). The van der Waals surface area contributed by atoms with E-state index in [0.29, 0.717) is 29.1 Å². The molecule has 0 saturated heterocycles.